The maximum absolute atomic E-state index is 11.9. The number of rotatable bonds is 9. The number of hydrogen-bond donors (Lipinski definition) is 2. The lowest BCUT2D eigenvalue weighted by Crippen LogP contribution is -2.40. The summed E-state index contributed by atoms with van der Waals surface area (Å²) in [6.45, 7) is 5.75. The van der Waals surface area contributed by atoms with Crippen molar-refractivity contribution in [3.63, 3.8) is 0 Å². The molecular formula is C17H26BrN3O2S. The van der Waals surface area contributed by atoms with E-state index in [4.69, 9.17) is 0 Å². The van der Waals surface area contributed by atoms with Crippen LogP contribution in [0.2, 0.25) is 0 Å². The molecule has 5 nitrogen and oxygen atoms in total. The normalized spacial score (nSPS) is 11.4. The molecule has 0 heterocycles. The zero-order valence-corrected chi connectivity index (χ0v) is 17.1. The monoisotopic (exact) mass is 415 g/mol. The highest BCUT2D eigenvalue weighted by Crippen LogP contribution is 2.16. The summed E-state index contributed by atoms with van der Waals surface area (Å²) in [5.74, 6) is 0.381. The number of carbonyl (C=O) groups is 2. The van der Waals surface area contributed by atoms with Gasteiger partial charge in [0.25, 0.3) is 0 Å². The first-order valence-electron chi connectivity index (χ1n) is 7.72. The summed E-state index contributed by atoms with van der Waals surface area (Å²) in [4.78, 5) is 25.8. The molecule has 0 saturated carbocycles. The second-order valence-electron chi connectivity index (χ2n) is 6.73. The first kappa shape index (κ1) is 21.0. The second-order valence-corrected chi connectivity index (χ2v) is 8.63. The van der Waals surface area contributed by atoms with Gasteiger partial charge >= 0.3 is 0 Å². The molecule has 24 heavy (non-hydrogen) atoms. The number of anilines is 1. The highest BCUT2D eigenvalue weighted by molar-refractivity contribution is 9.10. The van der Waals surface area contributed by atoms with Crippen molar-refractivity contribution in [2.75, 3.05) is 44.0 Å². The van der Waals surface area contributed by atoms with Gasteiger partial charge in [0.05, 0.1) is 11.5 Å². The Bertz CT molecular complexity index is 565. The largest absolute Gasteiger partial charge is 0.355 e. The lowest BCUT2D eigenvalue weighted by molar-refractivity contribution is -0.119. The molecule has 0 aliphatic carbocycles. The first-order chi connectivity index (χ1) is 11.2. The van der Waals surface area contributed by atoms with Crippen LogP contribution in [0.15, 0.2) is 28.7 Å². The lowest BCUT2D eigenvalue weighted by atomic mass is 9.93. The molecule has 2 amide bonds. The molecule has 1 rings (SSSR count). The SMILES string of the molecule is CN(C)CC(C)(C)CNC(=O)CSCC(=O)Nc1cccc(Br)c1. The predicted octanol–water partition coefficient (Wildman–Crippen LogP) is 2.82. The Morgan fingerprint density at radius 3 is 2.50 bits per heavy atom. The molecule has 7 heteroatoms. The number of carbonyl (C=O) groups excluding carboxylic acids is 2. The highest BCUT2D eigenvalue weighted by Gasteiger charge is 2.19. The van der Waals surface area contributed by atoms with E-state index in [1.807, 2.05) is 38.4 Å². The Morgan fingerprint density at radius 2 is 1.88 bits per heavy atom. The van der Waals surface area contributed by atoms with E-state index in [1.165, 1.54) is 11.8 Å². The summed E-state index contributed by atoms with van der Waals surface area (Å²) in [5.41, 5.74) is 0.756. The minimum Gasteiger partial charge on any atom is -0.355 e. The molecule has 0 aliphatic rings. The summed E-state index contributed by atoms with van der Waals surface area (Å²) in [7, 11) is 4.03. The average Bonchev–Trinajstić information content (AvgIpc) is 2.44. The van der Waals surface area contributed by atoms with Crippen LogP contribution in [0.1, 0.15) is 13.8 Å². The standard InChI is InChI=1S/C17H26BrN3O2S/c1-17(2,12-21(3)4)11-19-15(22)9-24-10-16(23)20-14-7-5-6-13(18)8-14/h5-8H,9-12H2,1-4H3,(H,19,22)(H,20,23). The van der Waals surface area contributed by atoms with Crippen LogP contribution in [0.25, 0.3) is 0 Å². The van der Waals surface area contributed by atoms with Crippen molar-refractivity contribution in [1.82, 2.24) is 10.2 Å². The Hall–Kier alpha value is -1.05. The molecular weight excluding hydrogens is 390 g/mol. The highest BCUT2D eigenvalue weighted by atomic mass is 79.9. The van der Waals surface area contributed by atoms with Crippen molar-refractivity contribution in [3.05, 3.63) is 28.7 Å². The summed E-state index contributed by atoms with van der Waals surface area (Å²) < 4.78 is 0.910. The van der Waals surface area contributed by atoms with Crippen LogP contribution >= 0.6 is 27.7 Å². The van der Waals surface area contributed by atoms with Gasteiger partial charge in [0, 0.05) is 23.2 Å². The summed E-state index contributed by atoms with van der Waals surface area (Å²) >= 11 is 4.67. The molecule has 0 radical (unpaired) electrons. The number of halogens is 1. The van der Waals surface area contributed by atoms with Crippen LogP contribution in [0.3, 0.4) is 0 Å². The van der Waals surface area contributed by atoms with Crippen molar-refractivity contribution in [2.45, 2.75) is 13.8 Å². The summed E-state index contributed by atoms with van der Waals surface area (Å²) in [6.07, 6.45) is 0. The van der Waals surface area contributed by atoms with E-state index in [0.717, 1.165) is 16.7 Å². The van der Waals surface area contributed by atoms with Gasteiger partial charge in [0.15, 0.2) is 0 Å². The van der Waals surface area contributed by atoms with Gasteiger partial charge < -0.3 is 15.5 Å². The first-order valence-corrected chi connectivity index (χ1v) is 9.67. The Balaban J connectivity index is 2.24. The topological polar surface area (TPSA) is 61.4 Å². The minimum atomic E-state index is -0.112. The summed E-state index contributed by atoms with van der Waals surface area (Å²) in [5, 5.41) is 5.74. The van der Waals surface area contributed by atoms with E-state index in [-0.39, 0.29) is 28.7 Å². The van der Waals surface area contributed by atoms with Crippen molar-refractivity contribution >= 4 is 45.2 Å². The van der Waals surface area contributed by atoms with Crippen molar-refractivity contribution in [3.8, 4) is 0 Å². The fourth-order valence-corrected chi connectivity index (χ4v) is 3.35. The van der Waals surface area contributed by atoms with Crippen LogP contribution in [0.5, 0.6) is 0 Å². The van der Waals surface area contributed by atoms with Gasteiger partial charge in [-0.2, -0.15) is 0 Å². The van der Waals surface area contributed by atoms with Crippen LogP contribution in [-0.4, -0.2) is 55.4 Å². The van der Waals surface area contributed by atoms with Gasteiger partial charge in [0.2, 0.25) is 11.8 Å². The van der Waals surface area contributed by atoms with Gasteiger partial charge in [-0.1, -0.05) is 35.8 Å². The molecule has 0 fully saturated rings. The smallest absolute Gasteiger partial charge is 0.234 e. The van der Waals surface area contributed by atoms with E-state index in [1.54, 1.807) is 0 Å². The fraction of sp³-hybridized carbons (Fsp3) is 0.529. The minimum absolute atomic E-state index is 0.0158. The van der Waals surface area contributed by atoms with Crippen LogP contribution in [-0.2, 0) is 9.59 Å². The molecule has 2 N–H and O–H groups in total. The number of nitrogens with one attached hydrogen (secondary N) is 2. The van der Waals surface area contributed by atoms with Gasteiger partial charge in [-0.05, 0) is 37.7 Å². The second kappa shape index (κ2) is 10.1. The third kappa shape index (κ3) is 9.30. The molecule has 1 aromatic rings. The summed E-state index contributed by atoms with van der Waals surface area (Å²) in [6, 6.07) is 7.41. The Kier molecular flexibility index (Phi) is 8.80. The molecule has 0 atom stereocenters. The molecule has 0 bridgehead atoms. The molecule has 0 aliphatic heterocycles. The van der Waals surface area contributed by atoms with Gasteiger partial charge in [-0.15, -0.1) is 11.8 Å². The third-order valence-corrected chi connectivity index (χ3v) is 4.51. The van der Waals surface area contributed by atoms with Crippen LogP contribution in [0.4, 0.5) is 5.69 Å². The molecule has 0 aromatic heterocycles. The maximum atomic E-state index is 11.9. The van der Waals surface area contributed by atoms with Crippen molar-refractivity contribution in [2.24, 2.45) is 5.41 Å². The van der Waals surface area contributed by atoms with E-state index < -0.39 is 0 Å². The zero-order chi connectivity index (χ0) is 18.2. The van der Waals surface area contributed by atoms with E-state index in [9.17, 15) is 9.59 Å². The quantitative estimate of drug-likeness (QED) is 0.650. The van der Waals surface area contributed by atoms with Gasteiger partial charge in [-0.25, -0.2) is 0 Å². The molecule has 0 spiro atoms. The maximum Gasteiger partial charge on any atom is 0.234 e. The Morgan fingerprint density at radius 1 is 1.21 bits per heavy atom. The number of hydrogen-bond acceptors (Lipinski definition) is 4. The van der Waals surface area contributed by atoms with Crippen molar-refractivity contribution < 1.29 is 9.59 Å². The van der Waals surface area contributed by atoms with Gasteiger partial charge in [-0.3, -0.25) is 9.59 Å². The Labute approximate surface area is 157 Å². The van der Waals surface area contributed by atoms with Gasteiger partial charge in [0.1, 0.15) is 0 Å². The molecule has 0 saturated heterocycles. The van der Waals surface area contributed by atoms with E-state index in [2.05, 4.69) is 45.3 Å². The van der Waals surface area contributed by atoms with Crippen LogP contribution in [0, 0.1) is 5.41 Å². The number of benzene rings is 1. The van der Waals surface area contributed by atoms with E-state index in [0.29, 0.717) is 6.54 Å². The molecule has 1 aromatic carbocycles. The molecule has 134 valence electrons. The fourth-order valence-electron chi connectivity index (χ4n) is 2.30. The molecule has 0 unspecified atom stereocenters. The number of nitrogens with zero attached hydrogens (tertiary/aromatic N) is 1. The van der Waals surface area contributed by atoms with Crippen molar-refractivity contribution in [1.29, 1.82) is 0 Å². The van der Waals surface area contributed by atoms with Crippen LogP contribution < -0.4 is 10.6 Å². The average molecular weight is 416 g/mol. The zero-order valence-electron chi connectivity index (χ0n) is 14.7. The predicted molar refractivity (Wildman–Crippen MR) is 105 cm³/mol. The number of amides is 2. The third-order valence-electron chi connectivity index (χ3n) is 3.08. The number of thioether (sulfide) groups is 1. The van der Waals surface area contributed by atoms with E-state index >= 15 is 0 Å². The lowest BCUT2D eigenvalue weighted by Gasteiger charge is -2.28.